The van der Waals surface area contributed by atoms with E-state index in [0.717, 1.165) is 28.1 Å². The number of carbonyl (C=O) groups is 2. The third kappa shape index (κ3) is 3.32. The van der Waals surface area contributed by atoms with Crippen molar-refractivity contribution in [1.29, 1.82) is 0 Å². The fourth-order valence-electron chi connectivity index (χ4n) is 3.19. The standard InChI is InChI=1S/C20H22N2O2/c1-13-8-14(2)10-17(9-13)22-12-16(11-19(22)23)20(24)21-18-7-5-4-6-15(18)3/h4-10,16H,11-12H2,1-3H3,(H,21,24)/t16-/m1/s1. The molecule has 1 aliphatic rings. The molecule has 0 aliphatic carbocycles. The first-order valence-electron chi connectivity index (χ1n) is 8.19. The van der Waals surface area contributed by atoms with Crippen molar-refractivity contribution in [2.24, 2.45) is 5.92 Å². The molecule has 4 nitrogen and oxygen atoms in total. The van der Waals surface area contributed by atoms with Crippen molar-refractivity contribution >= 4 is 23.2 Å². The molecule has 0 radical (unpaired) electrons. The molecule has 1 saturated heterocycles. The third-order valence-electron chi connectivity index (χ3n) is 4.42. The van der Waals surface area contributed by atoms with E-state index >= 15 is 0 Å². The van der Waals surface area contributed by atoms with Crippen LogP contribution in [0.1, 0.15) is 23.1 Å². The zero-order valence-electron chi connectivity index (χ0n) is 14.3. The molecular weight excluding hydrogens is 300 g/mol. The van der Waals surface area contributed by atoms with Crippen molar-refractivity contribution in [3.63, 3.8) is 0 Å². The van der Waals surface area contributed by atoms with E-state index in [2.05, 4.69) is 11.4 Å². The molecule has 124 valence electrons. The molecule has 0 aromatic heterocycles. The maximum Gasteiger partial charge on any atom is 0.229 e. The summed E-state index contributed by atoms with van der Waals surface area (Å²) < 4.78 is 0. The van der Waals surface area contributed by atoms with Gasteiger partial charge >= 0.3 is 0 Å². The fraction of sp³-hybridized carbons (Fsp3) is 0.300. The Morgan fingerprint density at radius 2 is 1.75 bits per heavy atom. The Labute approximate surface area is 142 Å². The second-order valence-corrected chi connectivity index (χ2v) is 6.56. The molecule has 2 aromatic rings. The van der Waals surface area contributed by atoms with Gasteiger partial charge in [0.2, 0.25) is 11.8 Å². The lowest BCUT2D eigenvalue weighted by atomic mass is 10.1. The summed E-state index contributed by atoms with van der Waals surface area (Å²) in [6.45, 7) is 6.41. The third-order valence-corrected chi connectivity index (χ3v) is 4.42. The van der Waals surface area contributed by atoms with E-state index in [4.69, 9.17) is 0 Å². The van der Waals surface area contributed by atoms with Gasteiger partial charge in [-0.05, 0) is 55.7 Å². The lowest BCUT2D eigenvalue weighted by Gasteiger charge is -2.18. The van der Waals surface area contributed by atoms with Gasteiger partial charge in [0.15, 0.2) is 0 Å². The summed E-state index contributed by atoms with van der Waals surface area (Å²) in [6.07, 6.45) is 0.255. The summed E-state index contributed by atoms with van der Waals surface area (Å²) in [4.78, 5) is 26.6. The highest BCUT2D eigenvalue weighted by molar-refractivity contribution is 6.03. The van der Waals surface area contributed by atoms with Crippen molar-refractivity contribution < 1.29 is 9.59 Å². The monoisotopic (exact) mass is 322 g/mol. The quantitative estimate of drug-likeness (QED) is 0.938. The van der Waals surface area contributed by atoms with Gasteiger partial charge in [-0.15, -0.1) is 0 Å². The second kappa shape index (κ2) is 6.48. The van der Waals surface area contributed by atoms with E-state index in [1.165, 1.54) is 0 Å². The molecule has 1 heterocycles. The average molecular weight is 322 g/mol. The van der Waals surface area contributed by atoms with Crippen LogP contribution in [0.3, 0.4) is 0 Å². The Morgan fingerprint density at radius 1 is 1.08 bits per heavy atom. The number of hydrogen-bond donors (Lipinski definition) is 1. The van der Waals surface area contributed by atoms with Crippen molar-refractivity contribution in [1.82, 2.24) is 0 Å². The van der Waals surface area contributed by atoms with Crippen LogP contribution in [0.5, 0.6) is 0 Å². The largest absolute Gasteiger partial charge is 0.326 e. The summed E-state index contributed by atoms with van der Waals surface area (Å²) >= 11 is 0. The van der Waals surface area contributed by atoms with Gasteiger partial charge in [0, 0.05) is 24.3 Å². The first-order valence-corrected chi connectivity index (χ1v) is 8.19. The molecule has 1 fully saturated rings. The minimum absolute atomic E-state index is 0.00457. The number of amides is 2. The molecule has 3 rings (SSSR count). The topological polar surface area (TPSA) is 49.4 Å². The predicted octanol–water partition coefficient (Wildman–Crippen LogP) is 3.60. The van der Waals surface area contributed by atoms with Crippen molar-refractivity contribution in [2.75, 3.05) is 16.8 Å². The van der Waals surface area contributed by atoms with E-state index in [1.54, 1.807) is 4.90 Å². The minimum Gasteiger partial charge on any atom is -0.326 e. The fourth-order valence-corrected chi connectivity index (χ4v) is 3.19. The number of hydrogen-bond acceptors (Lipinski definition) is 2. The summed E-state index contributed by atoms with van der Waals surface area (Å²) in [5, 5.41) is 2.95. The van der Waals surface area contributed by atoms with Crippen LogP contribution in [-0.2, 0) is 9.59 Å². The van der Waals surface area contributed by atoms with E-state index in [-0.39, 0.29) is 24.2 Å². The number of anilines is 2. The van der Waals surface area contributed by atoms with Crippen LogP contribution in [0.2, 0.25) is 0 Å². The first-order chi connectivity index (χ1) is 11.4. The normalized spacial score (nSPS) is 17.2. The summed E-state index contributed by atoms with van der Waals surface area (Å²) in [5.74, 6) is -0.410. The first kappa shape index (κ1) is 16.2. The number of carbonyl (C=O) groups excluding carboxylic acids is 2. The van der Waals surface area contributed by atoms with Crippen molar-refractivity contribution in [3.8, 4) is 0 Å². The maximum atomic E-state index is 12.5. The van der Waals surface area contributed by atoms with Gasteiger partial charge in [-0.3, -0.25) is 9.59 Å². The lowest BCUT2D eigenvalue weighted by Crippen LogP contribution is -2.28. The minimum atomic E-state index is -0.321. The Balaban J connectivity index is 1.74. The number of nitrogens with zero attached hydrogens (tertiary/aromatic N) is 1. The van der Waals surface area contributed by atoms with Crippen LogP contribution < -0.4 is 10.2 Å². The van der Waals surface area contributed by atoms with Crippen LogP contribution in [-0.4, -0.2) is 18.4 Å². The van der Waals surface area contributed by atoms with Gasteiger partial charge in [0.05, 0.1) is 5.92 Å². The average Bonchev–Trinajstić information content (AvgIpc) is 2.91. The molecule has 0 bridgehead atoms. The molecule has 4 heteroatoms. The smallest absolute Gasteiger partial charge is 0.229 e. The Morgan fingerprint density at radius 3 is 2.42 bits per heavy atom. The van der Waals surface area contributed by atoms with E-state index in [1.807, 2.05) is 57.2 Å². The zero-order valence-corrected chi connectivity index (χ0v) is 14.3. The van der Waals surface area contributed by atoms with Gasteiger partial charge in [-0.1, -0.05) is 24.3 Å². The maximum absolute atomic E-state index is 12.5. The van der Waals surface area contributed by atoms with Gasteiger partial charge < -0.3 is 10.2 Å². The number of nitrogens with one attached hydrogen (secondary N) is 1. The van der Waals surface area contributed by atoms with Crippen LogP contribution in [0.15, 0.2) is 42.5 Å². The van der Waals surface area contributed by atoms with Crippen LogP contribution in [0.25, 0.3) is 0 Å². The highest BCUT2D eigenvalue weighted by Crippen LogP contribution is 2.28. The van der Waals surface area contributed by atoms with Crippen molar-refractivity contribution in [2.45, 2.75) is 27.2 Å². The highest BCUT2D eigenvalue weighted by atomic mass is 16.2. The molecular formula is C20H22N2O2. The zero-order chi connectivity index (χ0) is 17.3. The molecule has 0 unspecified atom stereocenters. The van der Waals surface area contributed by atoms with Gasteiger partial charge in [-0.25, -0.2) is 0 Å². The Bertz CT molecular complexity index is 778. The van der Waals surface area contributed by atoms with E-state index < -0.39 is 0 Å². The molecule has 2 aromatic carbocycles. The SMILES string of the molecule is Cc1cc(C)cc(N2C[C@H](C(=O)Nc3ccccc3C)CC2=O)c1. The lowest BCUT2D eigenvalue weighted by molar-refractivity contribution is -0.122. The highest BCUT2D eigenvalue weighted by Gasteiger charge is 2.35. The molecule has 2 amide bonds. The molecule has 24 heavy (non-hydrogen) atoms. The summed E-state index contributed by atoms with van der Waals surface area (Å²) in [7, 11) is 0. The molecule has 1 atom stereocenters. The molecule has 0 saturated carbocycles. The van der Waals surface area contributed by atoms with Crippen LogP contribution in [0.4, 0.5) is 11.4 Å². The van der Waals surface area contributed by atoms with Crippen LogP contribution in [0, 0.1) is 26.7 Å². The summed E-state index contributed by atoms with van der Waals surface area (Å²) in [6, 6.07) is 13.7. The van der Waals surface area contributed by atoms with Gasteiger partial charge in [0.1, 0.15) is 0 Å². The molecule has 1 N–H and O–H groups in total. The van der Waals surface area contributed by atoms with E-state index in [9.17, 15) is 9.59 Å². The Hall–Kier alpha value is -2.62. The number of rotatable bonds is 3. The molecule has 1 aliphatic heterocycles. The van der Waals surface area contributed by atoms with Gasteiger partial charge in [0.25, 0.3) is 0 Å². The van der Waals surface area contributed by atoms with Crippen LogP contribution >= 0.6 is 0 Å². The number of benzene rings is 2. The predicted molar refractivity (Wildman–Crippen MR) is 96.2 cm³/mol. The Kier molecular flexibility index (Phi) is 4.38. The second-order valence-electron chi connectivity index (χ2n) is 6.56. The molecule has 0 spiro atoms. The van der Waals surface area contributed by atoms with E-state index in [0.29, 0.717) is 6.54 Å². The van der Waals surface area contributed by atoms with Crippen molar-refractivity contribution in [3.05, 3.63) is 59.2 Å². The number of aryl methyl sites for hydroxylation is 3. The van der Waals surface area contributed by atoms with Gasteiger partial charge in [-0.2, -0.15) is 0 Å². The summed E-state index contributed by atoms with van der Waals surface area (Å²) in [5.41, 5.74) is 4.93. The number of para-hydroxylation sites is 1.